The minimum atomic E-state index is -3.86. The van der Waals surface area contributed by atoms with Gasteiger partial charge in [-0.2, -0.15) is 0 Å². The van der Waals surface area contributed by atoms with Crippen molar-refractivity contribution in [3.8, 4) is 0 Å². The summed E-state index contributed by atoms with van der Waals surface area (Å²) in [7, 11) is -3.86. The molecule has 0 spiro atoms. The van der Waals surface area contributed by atoms with Gasteiger partial charge in [0.1, 0.15) is 11.9 Å². The molecule has 2 rings (SSSR count). The van der Waals surface area contributed by atoms with Gasteiger partial charge in [0.15, 0.2) is 0 Å². The van der Waals surface area contributed by atoms with Crippen LogP contribution in [0, 0.1) is 22.9 Å². The molecule has 0 aliphatic heterocycles. The summed E-state index contributed by atoms with van der Waals surface area (Å²) in [5, 5.41) is 13.4. The number of aryl methyl sites for hydroxylation is 1. The summed E-state index contributed by atoms with van der Waals surface area (Å²) in [4.78, 5) is 22.9. The molecule has 10 heteroatoms. The summed E-state index contributed by atoms with van der Waals surface area (Å²) in [6.45, 7) is 3.02. The van der Waals surface area contributed by atoms with Gasteiger partial charge in [0.2, 0.25) is 15.9 Å². The molecule has 0 heterocycles. The molecule has 0 saturated carbocycles. The largest absolute Gasteiger partial charge is 0.324 e. The van der Waals surface area contributed by atoms with Crippen molar-refractivity contribution in [1.29, 1.82) is 0 Å². The van der Waals surface area contributed by atoms with E-state index in [2.05, 4.69) is 5.32 Å². The fourth-order valence-corrected chi connectivity index (χ4v) is 3.67. The molecule has 27 heavy (non-hydrogen) atoms. The first kappa shape index (κ1) is 20.3. The van der Waals surface area contributed by atoms with Crippen LogP contribution in [0.3, 0.4) is 0 Å². The number of nitrogens with one attached hydrogen (secondary N) is 1. The Balaban J connectivity index is 2.34. The van der Waals surface area contributed by atoms with Crippen molar-refractivity contribution in [2.45, 2.75) is 19.9 Å². The number of halogens is 1. The van der Waals surface area contributed by atoms with Gasteiger partial charge in [0.05, 0.1) is 22.6 Å². The third kappa shape index (κ3) is 4.79. The number of nitro groups is 1. The first-order valence-corrected chi connectivity index (χ1v) is 9.66. The smallest absolute Gasteiger partial charge is 0.271 e. The summed E-state index contributed by atoms with van der Waals surface area (Å²) in [5.74, 6) is -1.23. The molecular weight excluding hydrogens is 377 g/mol. The number of hydrogen-bond acceptors (Lipinski definition) is 5. The van der Waals surface area contributed by atoms with E-state index in [1.807, 2.05) is 0 Å². The van der Waals surface area contributed by atoms with Crippen LogP contribution in [0.4, 0.5) is 21.5 Å². The highest BCUT2D eigenvalue weighted by Crippen LogP contribution is 2.25. The molecule has 0 aromatic heterocycles. The Morgan fingerprint density at radius 3 is 2.33 bits per heavy atom. The van der Waals surface area contributed by atoms with Crippen molar-refractivity contribution in [3.05, 3.63) is 64.0 Å². The fourth-order valence-electron chi connectivity index (χ4n) is 2.49. The van der Waals surface area contributed by atoms with Crippen molar-refractivity contribution in [1.82, 2.24) is 0 Å². The molecule has 1 amide bonds. The fraction of sp³-hybridized carbons (Fsp3) is 0.235. The van der Waals surface area contributed by atoms with Crippen LogP contribution >= 0.6 is 0 Å². The molecule has 0 saturated heterocycles. The first-order chi connectivity index (χ1) is 12.5. The first-order valence-electron chi connectivity index (χ1n) is 7.81. The molecule has 0 radical (unpaired) electrons. The number of benzene rings is 2. The van der Waals surface area contributed by atoms with Crippen molar-refractivity contribution >= 4 is 33.0 Å². The lowest BCUT2D eigenvalue weighted by molar-refractivity contribution is -0.384. The molecule has 0 fully saturated rings. The zero-order chi connectivity index (χ0) is 20.4. The van der Waals surface area contributed by atoms with E-state index in [1.165, 1.54) is 37.3 Å². The zero-order valence-electron chi connectivity index (χ0n) is 14.8. The lowest BCUT2D eigenvalue weighted by Crippen LogP contribution is -2.45. The Bertz CT molecular complexity index is 977. The average Bonchev–Trinajstić information content (AvgIpc) is 2.57. The number of nitro benzene ring substituents is 1. The second kappa shape index (κ2) is 7.70. The minimum Gasteiger partial charge on any atom is -0.324 e. The molecule has 1 atom stereocenters. The number of carbonyl (C=O) groups excluding carboxylic acids is 1. The second-order valence-corrected chi connectivity index (χ2v) is 7.82. The molecule has 0 bridgehead atoms. The highest BCUT2D eigenvalue weighted by atomic mass is 32.2. The van der Waals surface area contributed by atoms with Gasteiger partial charge < -0.3 is 5.32 Å². The maximum atomic E-state index is 13.1. The van der Waals surface area contributed by atoms with Gasteiger partial charge in [-0.25, -0.2) is 12.8 Å². The van der Waals surface area contributed by atoms with Crippen LogP contribution in [0.15, 0.2) is 42.5 Å². The maximum Gasteiger partial charge on any atom is 0.271 e. The van der Waals surface area contributed by atoms with Crippen LogP contribution in [-0.4, -0.2) is 31.5 Å². The van der Waals surface area contributed by atoms with Crippen molar-refractivity contribution < 1.29 is 22.5 Å². The number of sulfonamides is 1. The monoisotopic (exact) mass is 395 g/mol. The van der Waals surface area contributed by atoms with Crippen LogP contribution in [0.1, 0.15) is 12.5 Å². The van der Waals surface area contributed by atoms with E-state index >= 15 is 0 Å². The standard InChI is InChI=1S/C17H18FN3O5S/c1-11-4-7-15(21(23)24)10-16(11)19-17(22)12(2)20(27(3,25)26)14-8-5-13(18)6-9-14/h4-10,12H,1-3H3,(H,19,22)/t12-/m0/s1. The molecule has 0 aliphatic rings. The number of nitrogens with zero attached hydrogens (tertiary/aromatic N) is 2. The van der Waals surface area contributed by atoms with Crippen LogP contribution in [-0.2, 0) is 14.8 Å². The Morgan fingerprint density at radius 1 is 1.22 bits per heavy atom. The van der Waals surface area contributed by atoms with Crippen molar-refractivity contribution in [2.75, 3.05) is 15.9 Å². The molecular formula is C17H18FN3O5S. The molecule has 0 aliphatic carbocycles. The molecule has 8 nitrogen and oxygen atoms in total. The number of carbonyl (C=O) groups is 1. The van der Waals surface area contributed by atoms with E-state index in [9.17, 15) is 27.7 Å². The van der Waals surface area contributed by atoms with Gasteiger partial charge in [-0.3, -0.25) is 19.2 Å². The second-order valence-electron chi connectivity index (χ2n) is 5.96. The summed E-state index contributed by atoms with van der Waals surface area (Å²) < 4.78 is 38.4. The normalized spacial score (nSPS) is 12.3. The van der Waals surface area contributed by atoms with E-state index in [1.54, 1.807) is 6.92 Å². The predicted octanol–water partition coefficient (Wildman–Crippen LogP) is 2.84. The number of hydrogen-bond donors (Lipinski definition) is 1. The lowest BCUT2D eigenvalue weighted by Gasteiger charge is -2.28. The topological polar surface area (TPSA) is 110 Å². The Morgan fingerprint density at radius 2 is 1.81 bits per heavy atom. The number of anilines is 2. The van der Waals surface area contributed by atoms with Crippen LogP contribution in [0.2, 0.25) is 0 Å². The summed E-state index contributed by atoms with van der Waals surface area (Å²) in [6, 6.07) is 7.47. The van der Waals surface area contributed by atoms with Gasteiger partial charge >= 0.3 is 0 Å². The van der Waals surface area contributed by atoms with Crippen LogP contribution in [0.25, 0.3) is 0 Å². The molecule has 2 aromatic carbocycles. The Labute approximate surface area is 155 Å². The van der Waals surface area contributed by atoms with E-state index < -0.39 is 32.7 Å². The van der Waals surface area contributed by atoms with Gasteiger partial charge in [0, 0.05) is 12.1 Å². The number of rotatable bonds is 6. The van der Waals surface area contributed by atoms with Gasteiger partial charge in [0.25, 0.3) is 5.69 Å². The third-order valence-corrected chi connectivity index (χ3v) is 5.10. The van der Waals surface area contributed by atoms with Gasteiger partial charge in [-0.1, -0.05) is 6.07 Å². The Hall–Kier alpha value is -3.01. The van der Waals surface area contributed by atoms with E-state index in [-0.39, 0.29) is 17.1 Å². The summed E-state index contributed by atoms with van der Waals surface area (Å²) in [5.41, 5.74) is 0.696. The van der Waals surface area contributed by atoms with E-state index in [0.717, 1.165) is 22.7 Å². The quantitative estimate of drug-likeness (QED) is 0.597. The lowest BCUT2D eigenvalue weighted by atomic mass is 10.1. The average molecular weight is 395 g/mol. The van der Waals surface area contributed by atoms with E-state index in [0.29, 0.717) is 5.56 Å². The predicted molar refractivity (Wildman–Crippen MR) is 99.6 cm³/mol. The van der Waals surface area contributed by atoms with Crippen molar-refractivity contribution in [2.24, 2.45) is 0 Å². The number of non-ortho nitro benzene ring substituents is 1. The highest BCUT2D eigenvalue weighted by Gasteiger charge is 2.29. The molecule has 0 unspecified atom stereocenters. The summed E-state index contributed by atoms with van der Waals surface area (Å²) in [6.07, 6.45) is 0.929. The molecule has 144 valence electrons. The highest BCUT2D eigenvalue weighted by molar-refractivity contribution is 7.92. The SMILES string of the molecule is Cc1ccc([N+](=O)[O-])cc1NC(=O)[C@H](C)N(c1ccc(F)cc1)S(C)(=O)=O. The maximum absolute atomic E-state index is 13.1. The minimum absolute atomic E-state index is 0.123. The van der Waals surface area contributed by atoms with Crippen LogP contribution < -0.4 is 9.62 Å². The molecule has 1 N–H and O–H groups in total. The van der Waals surface area contributed by atoms with Crippen molar-refractivity contribution in [3.63, 3.8) is 0 Å². The third-order valence-electron chi connectivity index (χ3n) is 3.86. The zero-order valence-corrected chi connectivity index (χ0v) is 15.7. The van der Waals surface area contributed by atoms with Gasteiger partial charge in [-0.05, 0) is 43.7 Å². The van der Waals surface area contributed by atoms with E-state index in [4.69, 9.17) is 0 Å². The Kier molecular flexibility index (Phi) is 5.79. The summed E-state index contributed by atoms with van der Waals surface area (Å²) >= 11 is 0. The van der Waals surface area contributed by atoms with Gasteiger partial charge in [-0.15, -0.1) is 0 Å². The van der Waals surface area contributed by atoms with Crippen LogP contribution in [0.5, 0.6) is 0 Å². The number of amides is 1. The molecule has 2 aromatic rings.